The van der Waals surface area contributed by atoms with E-state index in [9.17, 15) is 4.79 Å². The molecule has 0 unspecified atom stereocenters. The number of carbonyl (C=O) groups is 1. The molecular weight excluding hydrogens is 427 g/mol. The van der Waals surface area contributed by atoms with Crippen LogP contribution in [0, 0.1) is 0 Å². The van der Waals surface area contributed by atoms with E-state index in [1.807, 2.05) is 24.3 Å². The Morgan fingerprint density at radius 3 is 2.76 bits per heavy atom. The lowest BCUT2D eigenvalue weighted by molar-refractivity contribution is 0.0963. The molecule has 1 aliphatic rings. The summed E-state index contributed by atoms with van der Waals surface area (Å²) in [5.74, 6) is 0.719. The van der Waals surface area contributed by atoms with Gasteiger partial charge in [-0.1, -0.05) is 23.8 Å². The van der Waals surface area contributed by atoms with Gasteiger partial charge in [0.25, 0.3) is 5.91 Å². The van der Waals surface area contributed by atoms with E-state index in [1.165, 1.54) is 25.7 Å². The molecule has 1 aromatic carbocycles. The SMILES string of the molecule is CN=C(NCCC1=CCCCC1)NCc1cccc(C(=O)NC)c1.I. The van der Waals surface area contributed by atoms with Crippen LogP contribution in [-0.4, -0.2) is 32.5 Å². The van der Waals surface area contributed by atoms with Crippen molar-refractivity contribution in [2.75, 3.05) is 20.6 Å². The largest absolute Gasteiger partial charge is 0.356 e. The van der Waals surface area contributed by atoms with Crippen molar-refractivity contribution >= 4 is 35.8 Å². The van der Waals surface area contributed by atoms with Gasteiger partial charge in [-0.15, -0.1) is 24.0 Å². The zero-order valence-corrected chi connectivity index (χ0v) is 17.4. The normalized spacial score (nSPS) is 14.2. The van der Waals surface area contributed by atoms with Crippen molar-refractivity contribution in [3.05, 3.63) is 47.0 Å². The number of allylic oxidation sites excluding steroid dienone is 1. The van der Waals surface area contributed by atoms with E-state index in [1.54, 1.807) is 19.7 Å². The van der Waals surface area contributed by atoms with E-state index in [0.29, 0.717) is 12.1 Å². The number of amides is 1. The minimum atomic E-state index is -0.0693. The molecule has 0 heterocycles. The molecule has 0 saturated carbocycles. The van der Waals surface area contributed by atoms with Gasteiger partial charge in [-0.2, -0.15) is 0 Å². The molecule has 25 heavy (non-hydrogen) atoms. The van der Waals surface area contributed by atoms with Crippen molar-refractivity contribution in [1.82, 2.24) is 16.0 Å². The van der Waals surface area contributed by atoms with Gasteiger partial charge in [0.1, 0.15) is 0 Å². The topological polar surface area (TPSA) is 65.5 Å². The average Bonchev–Trinajstić information content (AvgIpc) is 2.65. The Labute approximate surface area is 167 Å². The first-order valence-electron chi connectivity index (χ1n) is 8.66. The molecule has 1 aromatic rings. The van der Waals surface area contributed by atoms with Gasteiger partial charge in [0.2, 0.25) is 0 Å². The lowest BCUT2D eigenvalue weighted by Gasteiger charge is -2.15. The Hall–Kier alpha value is -1.57. The molecule has 5 nitrogen and oxygen atoms in total. The monoisotopic (exact) mass is 456 g/mol. The van der Waals surface area contributed by atoms with Crippen molar-refractivity contribution in [2.45, 2.75) is 38.6 Å². The number of carbonyl (C=O) groups excluding carboxylic acids is 1. The summed E-state index contributed by atoms with van der Waals surface area (Å²) >= 11 is 0. The van der Waals surface area contributed by atoms with Crippen molar-refractivity contribution in [3.63, 3.8) is 0 Å². The minimum absolute atomic E-state index is 0. The van der Waals surface area contributed by atoms with Crippen LogP contribution in [-0.2, 0) is 6.54 Å². The van der Waals surface area contributed by atoms with Crippen molar-refractivity contribution < 1.29 is 4.79 Å². The van der Waals surface area contributed by atoms with Gasteiger partial charge in [-0.3, -0.25) is 9.79 Å². The van der Waals surface area contributed by atoms with Crippen LogP contribution < -0.4 is 16.0 Å². The molecule has 2 rings (SSSR count). The third-order valence-electron chi connectivity index (χ3n) is 4.22. The van der Waals surface area contributed by atoms with Crippen LogP contribution >= 0.6 is 24.0 Å². The molecule has 138 valence electrons. The number of nitrogens with zero attached hydrogens (tertiary/aromatic N) is 1. The van der Waals surface area contributed by atoms with Gasteiger partial charge in [0, 0.05) is 32.7 Å². The van der Waals surface area contributed by atoms with Gasteiger partial charge in [-0.25, -0.2) is 0 Å². The maximum atomic E-state index is 11.7. The Kier molecular flexibility index (Phi) is 10.2. The van der Waals surface area contributed by atoms with Crippen LogP contribution in [0.3, 0.4) is 0 Å². The summed E-state index contributed by atoms with van der Waals surface area (Å²) in [4.78, 5) is 15.9. The Morgan fingerprint density at radius 1 is 1.24 bits per heavy atom. The Bertz CT molecular complexity index is 613. The van der Waals surface area contributed by atoms with Crippen molar-refractivity contribution in [1.29, 1.82) is 0 Å². The van der Waals surface area contributed by atoms with Crippen LogP contribution in [0.1, 0.15) is 48.0 Å². The number of rotatable bonds is 6. The molecule has 1 aliphatic carbocycles. The number of benzene rings is 1. The Morgan fingerprint density at radius 2 is 2.08 bits per heavy atom. The van der Waals surface area contributed by atoms with E-state index in [-0.39, 0.29) is 29.9 Å². The van der Waals surface area contributed by atoms with Crippen LogP contribution in [0.2, 0.25) is 0 Å². The van der Waals surface area contributed by atoms with Crippen LogP contribution in [0.15, 0.2) is 40.9 Å². The minimum Gasteiger partial charge on any atom is -0.356 e. The first-order valence-corrected chi connectivity index (χ1v) is 8.66. The molecule has 0 radical (unpaired) electrons. The van der Waals surface area contributed by atoms with E-state index >= 15 is 0 Å². The van der Waals surface area contributed by atoms with Crippen LogP contribution in [0.4, 0.5) is 0 Å². The number of aliphatic imine (C=N–C) groups is 1. The van der Waals surface area contributed by atoms with E-state index in [2.05, 4.69) is 27.0 Å². The van der Waals surface area contributed by atoms with Gasteiger partial charge in [0.05, 0.1) is 0 Å². The highest BCUT2D eigenvalue weighted by Crippen LogP contribution is 2.19. The highest BCUT2D eigenvalue weighted by Gasteiger charge is 2.06. The number of hydrogen-bond donors (Lipinski definition) is 3. The van der Waals surface area contributed by atoms with Gasteiger partial charge >= 0.3 is 0 Å². The number of halogens is 1. The second-order valence-electron chi connectivity index (χ2n) is 5.99. The van der Waals surface area contributed by atoms with E-state index in [4.69, 9.17) is 0 Å². The maximum Gasteiger partial charge on any atom is 0.251 e. The second kappa shape index (κ2) is 11.9. The maximum absolute atomic E-state index is 11.7. The lowest BCUT2D eigenvalue weighted by atomic mass is 9.97. The van der Waals surface area contributed by atoms with Gasteiger partial charge in [0.15, 0.2) is 5.96 Å². The quantitative estimate of drug-likeness (QED) is 0.267. The van der Waals surface area contributed by atoms with Gasteiger partial charge in [-0.05, 0) is 49.8 Å². The molecular formula is C19H29IN4O. The predicted octanol–water partition coefficient (Wildman–Crippen LogP) is 3.22. The van der Waals surface area contributed by atoms with Gasteiger partial charge < -0.3 is 16.0 Å². The highest BCUT2D eigenvalue weighted by molar-refractivity contribution is 14.0. The first kappa shape index (κ1) is 21.5. The summed E-state index contributed by atoms with van der Waals surface area (Å²) in [5.41, 5.74) is 3.28. The summed E-state index contributed by atoms with van der Waals surface area (Å²) in [7, 11) is 3.41. The van der Waals surface area contributed by atoms with Crippen molar-refractivity contribution in [3.8, 4) is 0 Å². The summed E-state index contributed by atoms with van der Waals surface area (Å²) in [6, 6.07) is 7.60. The van der Waals surface area contributed by atoms with Crippen LogP contribution in [0.25, 0.3) is 0 Å². The predicted molar refractivity (Wildman–Crippen MR) is 115 cm³/mol. The Balaban J connectivity index is 0.00000312. The fourth-order valence-electron chi connectivity index (χ4n) is 2.85. The number of hydrogen-bond acceptors (Lipinski definition) is 2. The molecule has 0 bridgehead atoms. The van der Waals surface area contributed by atoms with E-state index < -0.39 is 0 Å². The van der Waals surface area contributed by atoms with E-state index in [0.717, 1.165) is 24.5 Å². The fraction of sp³-hybridized carbons (Fsp3) is 0.474. The van der Waals surface area contributed by atoms with Crippen LogP contribution in [0.5, 0.6) is 0 Å². The highest BCUT2D eigenvalue weighted by atomic mass is 127. The molecule has 0 atom stereocenters. The average molecular weight is 456 g/mol. The molecule has 0 aromatic heterocycles. The third kappa shape index (κ3) is 7.46. The number of guanidine groups is 1. The summed E-state index contributed by atoms with van der Waals surface area (Å²) in [6.07, 6.45) is 8.57. The summed E-state index contributed by atoms with van der Waals surface area (Å²) < 4.78 is 0. The smallest absolute Gasteiger partial charge is 0.251 e. The molecule has 0 fully saturated rings. The first-order chi connectivity index (χ1) is 11.7. The summed E-state index contributed by atoms with van der Waals surface area (Å²) in [6.45, 7) is 1.52. The zero-order valence-electron chi connectivity index (χ0n) is 15.1. The molecule has 1 amide bonds. The summed E-state index contributed by atoms with van der Waals surface area (Å²) in [5, 5.41) is 9.29. The molecule has 0 aliphatic heterocycles. The fourth-order valence-corrected chi connectivity index (χ4v) is 2.85. The molecule has 6 heteroatoms. The molecule has 0 spiro atoms. The van der Waals surface area contributed by atoms with Crippen molar-refractivity contribution in [2.24, 2.45) is 4.99 Å². The zero-order chi connectivity index (χ0) is 17.2. The second-order valence-corrected chi connectivity index (χ2v) is 5.99. The molecule has 3 N–H and O–H groups in total. The lowest BCUT2D eigenvalue weighted by Crippen LogP contribution is -2.37. The third-order valence-corrected chi connectivity index (χ3v) is 4.22. The standard InChI is InChI=1S/C19H28N4O.HI/c1-20-18(24)17-10-6-9-16(13-17)14-23-19(21-2)22-12-11-15-7-4-3-5-8-15;/h6-7,9-10,13H,3-5,8,11-12,14H2,1-2H3,(H,20,24)(H2,21,22,23);1H. The molecule has 0 saturated heterocycles. The number of nitrogens with one attached hydrogen (secondary N) is 3.